The van der Waals surface area contributed by atoms with Crippen LogP contribution in [0.15, 0.2) is 24.3 Å². The molecule has 1 rings (SSSR count). The molecule has 1 atom stereocenters. The van der Waals surface area contributed by atoms with Gasteiger partial charge in [0.2, 0.25) is 0 Å². The van der Waals surface area contributed by atoms with E-state index in [1.165, 1.54) is 16.5 Å². The van der Waals surface area contributed by atoms with E-state index in [9.17, 15) is 0 Å². The summed E-state index contributed by atoms with van der Waals surface area (Å²) in [5.41, 5.74) is 7.84. The van der Waals surface area contributed by atoms with E-state index in [1.807, 2.05) is 34.4 Å². The molecular formula is C10H16NTe+. The standard InChI is InChI=1S/C10H15NTe/c1-8(7-12)6-9-2-4-10(11)5-3-9/h2-5,8,12H,6-7,11H2,1H3/p+1. The Morgan fingerprint density at radius 2 is 2.00 bits per heavy atom. The number of rotatable bonds is 3. The summed E-state index contributed by atoms with van der Waals surface area (Å²) in [5, 5.41) is 0. The molecule has 1 aromatic carbocycles. The molecule has 0 aliphatic carbocycles. The van der Waals surface area contributed by atoms with Gasteiger partial charge in [-0.05, 0) is 0 Å². The van der Waals surface area contributed by atoms with Crippen LogP contribution < -0.4 is 5.73 Å². The topological polar surface area (TPSA) is 26.0 Å². The van der Waals surface area contributed by atoms with Gasteiger partial charge in [0.25, 0.3) is 0 Å². The predicted molar refractivity (Wildman–Crippen MR) is 56.8 cm³/mol. The summed E-state index contributed by atoms with van der Waals surface area (Å²) < 4.78 is 1.29. The van der Waals surface area contributed by atoms with Crippen LogP contribution in [0.3, 0.4) is 0 Å². The summed E-state index contributed by atoms with van der Waals surface area (Å²) >= 11 is 1.89. The maximum Gasteiger partial charge on any atom is 1.00 e. The van der Waals surface area contributed by atoms with E-state index in [4.69, 9.17) is 5.73 Å². The molecule has 0 saturated carbocycles. The van der Waals surface area contributed by atoms with Crippen molar-refractivity contribution in [3.05, 3.63) is 29.8 Å². The third kappa shape index (κ3) is 3.05. The number of hydrogen-bond donors (Lipinski definition) is 1. The monoisotopic (exact) mass is 280 g/mol. The van der Waals surface area contributed by atoms with Crippen molar-refractivity contribution >= 4 is 28.0 Å². The van der Waals surface area contributed by atoms with Gasteiger partial charge < -0.3 is 0 Å². The SMILES string of the molecule is CC(C[TeH])Cc1ccc(N)cc1.[H+]. The van der Waals surface area contributed by atoms with E-state index in [1.54, 1.807) is 0 Å². The molecule has 0 amide bonds. The van der Waals surface area contributed by atoms with Crippen molar-refractivity contribution in [3.8, 4) is 0 Å². The molecule has 2 heteroatoms. The van der Waals surface area contributed by atoms with Gasteiger partial charge in [-0.1, -0.05) is 0 Å². The Morgan fingerprint density at radius 3 is 2.50 bits per heavy atom. The predicted octanol–water partition coefficient (Wildman–Crippen LogP) is 1.88. The van der Waals surface area contributed by atoms with Gasteiger partial charge in [-0.3, -0.25) is 0 Å². The first-order valence-electron chi connectivity index (χ1n) is 4.17. The first-order valence-corrected chi connectivity index (χ1v) is 5.98. The first kappa shape index (κ1) is 9.89. The summed E-state index contributed by atoms with van der Waals surface area (Å²) in [6, 6.07) is 8.18. The van der Waals surface area contributed by atoms with Crippen molar-refractivity contribution in [2.24, 2.45) is 5.92 Å². The van der Waals surface area contributed by atoms with E-state index in [0.29, 0.717) is 0 Å². The Morgan fingerprint density at radius 1 is 1.42 bits per heavy atom. The largest absolute Gasteiger partial charge is 1.00 e. The zero-order valence-corrected chi connectivity index (χ0v) is 9.88. The Hall–Kier alpha value is -0.190. The van der Waals surface area contributed by atoms with Crippen LogP contribution in [0.25, 0.3) is 0 Å². The maximum atomic E-state index is 5.59. The molecule has 66 valence electrons. The Balaban J connectivity index is 0.00000144. The Kier molecular flexibility index (Phi) is 3.91. The van der Waals surface area contributed by atoms with Crippen molar-refractivity contribution < 1.29 is 1.43 Å². The van der Waals surface area contributed by atoms with Gasteiger partial charge in [0, 0.05) is 0 Å². The van der Waals surface area contributed by atoms with Gasteiger partial charge in [-0.25, -0.2) is 0 Å². The minimum Gasteiger partial charge on any atom is 1.00 e. The number of hydrogen-bond acceptors (Lipinski definition) is 1. The van der Waals surface area contributed by atoms with Crippen LogP contribution in [-0.2, 0) is 6.42 Å². The third-order valence-corrected chi connectivity index (χ3v) is 3.65. The van der Waals surface area contributed by atoms with Crippen molar-refractivity contribution in [1.82, 2.24) is 0 Å². The van der Waals surface area contributed by atoms with Gasteiger partial charge in [-0.15, -0.1) is 0 Å². The molecule has 1 unspecified atom stereocenters. The van der Waals surface area contributed by atoms with Crippen LogP contribution >= 0.6 is 0 Å². The van der Waals surface area contributed by atoms with E-state index in [-0.39, 0.29) is 1.43 Å². The molecule has 12 heavy (non-hydrogen) atoms. The van der Waals surface area contributed by atoms with Crippen LogP contribution in [0, 0.1) is 5.92 Å². The zero-order valence-electron chi connectivity index (χ0n) is 8.33. The summed E-state index contributed by atoms with van der Waals surface area (Å²) in [7, 11) is 0. The molecule has 0 aliphatic rings. The number of anilines is 1. The van der Waals surface area contributed by atoms with Crippen LogP contribution in [0.5, 0.6) is 0 Å². The normalized spacial score (nSPS) is 12.8. The average Bonchev–Trinajstić information content (AvgIpc) is 2.09. The Bertz CT molecular complexity index is 235. The van der Waals surface area contributed by atoms with E-state index < -0.39 is 0 Å². The molecule has 0 fully saturated rings. The van der Waals surface area contributed by atoms with Gasteiger partial charge >= 0.3 is 88.7 Å². The van der Waals surface area contributed by atoms with E-state index >= 15 is 0 Å². The smallest absolute Gasteiger partial charge is 1.00 e. The van der Waals surface area contributed by atoms with Crippen LogP contribution in [0.1, 0.15) is 13.9 Å². The molecule has 0 saturated heterocycles. The van der Waals surface area contributed by atoms with Crippen molar-refractivity contribution in [2.75, 3.05) is 5.73 Å². The minimum atomic E-state index is 0. The van der Waals surface area contributed by atoms with Crippen molar-refractivity contribution in [1.29, 1.82) is 0 Å². The Labute approximate surface area is 88.7 Å². The molecule has 2 N–H and O–H groups in total. The van der Waals surface area contributed by atoms with Crippen LogP contribution in [0.2, 0.25) is 4.47 Å². The van der Waals surface area contributed by atoms with E-state index in [2.05, 4.69) is 19.1 Å². The zero-order chi connectivity index (χ0) is 8.97. The number of benzene rings is 1. The second-order valence-electron chi connectivity index (χ2n) is 3.23. The molecular weight excluding hydrogens is 262 g/mol. The molecule has 0 heterocycles. The van der Waals surface area contributed by atoms with Crippen LogP contribution in [-0.4, -0.2) is 22.3 Å². The second kappa shape index (κ2) is 4.74. The number of nitrogen functional groups attached to an aromatic ring is 1. The third-order valence-electron chi connectivity index (χ3n) is 1.88. The number of nitrogens with two attached hydrogens (primary N) is 1. The minimum absolute atomic E-state index is 0. The van der Waals surface area contributed by atoms with Gasteiger partial charge in [0.05, 0.1) is 0 Å². The fourth-order valence-electron chi connectivity index (χ4n) is 1.12. The first-order chi connectivity index (χ1) is 5.72. The summed E-state index contributed by atoms with van der Waals surface area (Å²) in [6.07, 6.45) is 1.18. The summed E-state index contributed by atoms with van der Waals surface area (Å²) in [5.74, 6) is 0.794. The van der Waals surface area contributed by atoms with Gasteiger partial charge in [0.15, 0.2) is 0 Å². The molecule has 0 spiro atoms. The van der Waals surface area contributed by atoms with Gasteiger partial charge in [0.1, 0.15) is 0 Å². The second-order valence-corrected chi connectivity index (χ2v) is 4.28. The summed E-state index contributed by atoms with van der Waals surface area (Å²) in [4.78, 5) is 0. The fourth-order valence-corrected chi connectivity index (χ4v) is 1.49. The maximum absolute atomic E-state index is 5.59. The van der Waals surface area contributed by atoms with Gasteiger partial charge in [-0.2, -0.15) is 0 Å². The fraction of sp³-hybridized carbons (Fsp3) is 0.400. The molecule has 0 aliphatic heterocycles. The quantitative estimate of drug-likeness (QED) is 0.663. The summed E-state index contributed by atoms with van der Waals surface area (Å²) in [6.45, 7) is 2.29. The molecule has 0 aromatic heterocycles. The average molecular weight is 278 g/mol. The molecule has 0 radical (unpaired) electrons. The van der Waals surface area contributed by atoms with E-state index in [0.717, 1.165) is 11.6 Å². The van der Waals surface area contributed by atoms with Crippen LogP contribution in [0.4, 0.5) is 5.69 Å². The van der Waals surface area contributed by atoms with Crippen molar-refractivity contribution in [2.45, 2.75) is 17.8 Å². The molecule has 1 nitrogen and oxygen atoms in total. The molecule has 0 bridgehead atoms. The molecule has 1 aromatic rings. The van der Waals surface area contributed by atoms with Crippen molar-refractivity contribution in [3.63, 3.8) is 0 Å².